The van der Waals surface area contributed by atoms with Gasteiger partial charge in [0.1, 0.15) is 0 Å². The molecule has 2 heterocycles. The van der Waals surface area contributed by atoms with Crippen molar-refractivity contribution in [3.8, 4) is 0 Å². The number of nitrogens with zero attached hydrogens (tertiary/aromatic N) is 2. The molecule has 2 atom stereocenters. The fourth-order valence-corrected chi connectivity index (χ4v) is 4.12. The number of Topliss-reactive ketones (excluding diaryl/α,β-unsaturated/α-hetero) is 1. The lowest BCUT2D eigenvalue weighted by molar-refractivity contribution is 0.0339. The van der Waals surface area contributed by atoms with Gasteiger partial charge in [-0.3, -0.25) is 4.79 Å². The van der Waals surface area contributed by atoms with E-state index in [4.69, 9.17) is 0 Å². The zero-order valence-corrected chi connectivity index (χ0v) is 13.4. The highest BCUT2D eigenvalue weighted by Crippen LogP contribution is 2.38. The van der Waals surface area contributed by atoms with E-state index >= 15 is 0 Å². The number of para-hydroxylation sites is 1. The first-order valence-corrected chi connectivity index (χ1v) is 8.10. The highest BCUT2D eigenvalue weighted by molar-refractivity contribution is 6.02. The summed E-state index contributed by atoms with van der Waals surface area (Å²) in [6.45, 7) is 0. The predicted molar refractivity (Wildman–Crippen MR) is 87.0 cm³/mol. The quantitative estimate of drug-likeness (QED) is 0.797. The summed E-state index contributed by atoms with van der Waals surface area (Å²) in [7, 11) is 6.26. The Morgan fingerprint density at radius 1 is 1.14 bits per heavy atom. The Kier molecular flexibility index (Phi) is 4.03. The fourth-order valence-electron chi connectivity index (χ4n) is 4.12. The van der Waals surface area contributed by atoms with Gasteiger partial charge in [-0.1, -0.05) is 18.6 Å². The Hall–Kier alpha value is -1.35. The number of benzene rings is 1. The molecule has 1 aromatic carbocycles. The van der Waals surface area contributed by atoms with Crippen LogP contribution in [0, 0.1) is 5.92 Å². The molecule has 0 radical (unpaired) electrons. The van der Waals surface area contributed by atoms with Gasteiger partial charge in [-0.2, -0.15) is 0 Å². The molecule has 2 bridgehead atoms. The van der Waals surface area contributed by atoms with Crippen LogP contribution in [0.4, 0.5) is 5.69 Å². The molecule has 0 amide bonds. The third kappa shape index (κ3) is 2.71. The third-order valence-corrected chi connectivity index (χ3v) is 5.36. The molecular formula is C18H26N2O. The minimum atomic E-state index is 0.206. The van der Waals surface area contributed by atoms with Crippen LogP contribution in [0.3, 0.4) is 0 Å². The van der Waals surface area contributed by atoms with E-state index in [0.717, 1.165) is 24.1 Å². The third-order valence-electron chi connectivity index (χ3n) is 5.36. The van der Waals surface area contributed by atoms with Crippen LogP contribution in [0.2, 0.25) is 0 Å². The van der Waals surface area contributed by atoms with Crippen molar-refractivity contribution in [1.29, 1.82) is 0 Å². The van der Waals surface area contributed by atoms with Crippen molar-refractivity contribution in [2.75, 3.05) is 26.0 Å². The molecule has 3 nitrogen and oxygen atoms in total. The van der Waals surface area contributed by atoms with E-state index < -0.39 is 0 Å². The number of fused-ring (bicyclic) bond motifs is 2. The summed E-state index contributed by atoms with van der Waals surface area (Å²) in [4.78, 5) is 17.6. The Bertz CT molecular complexity index is 512. The monoisotopic (exact) mass is 286 g/mol. The normalized spacial score (nSPS) is 29.2. The first-order chi connectivity index (χ1) is 10.1. The van der Waals surface area contributed by atoms with Gasteiger partial charge in [-0.05, 0) is 44.9 Å². The van der Waals surface area contributed by atoms with E-state index in [-0.39, 0.29) is 5.92 Å². The molecule has 0 aromatic heterocycles. The first-order valence-electron chi connectivity index (χ1n) is 8.10. The number of hydrogen-bond donors (Lipinski definition) is 0. The number of hydrogen-bond acceptors (Lipinski definition) is 3. The molecule has 3 heteroatoms. The van der Waals surface area contributed by atoms with E-state index in [1.807, 2.05) is 43.3 Å². The topological polar surface area (TPSA) is 23.6 Å². The average Bonchev–Trinajstić information content (AvgIpc) is 2.46. The van der Waals surface area contributed by atoms with Crippen LogP contribution in [0.1, 0.15) is 42.5 Å². The molecule has 2 unspecified atom stereocenters. The Morgan fingerprint density at radius 2 is 1.76 bits per heavy atom. The molecule has 114 valence electrons. The van der Waals surface area contributed by atoms with Gasteiger partial charge in [0.2, 0.25) is 0 Å². The molecule has 2 aliphatic rings. The summed E-state index contributed by atoms with van der Waals surface area (Å²) in [5, 5.41) is 0. The first kappa shape index (κ1) is 14.6. The summed E-state index contributed by atoms with van der Waals surface area (Å²) >= 11 is 0. The smallest absolute Gasteiger partial charge is 0.168 e. The van der Waals surface area contributed by atoms with Crippen LogP contribution in [0.5, 0.6) is 0 Å². The molecule has 1 aromatic rings. The van der Waals surface area contributed by atoms with Crippen molar-refractivity contribution in [3.63, 3.8) is 0 Å². The number of carbonyl (C=O) groups excluding carboxylic acids is 1. The summed E-state index contributed by atoms with van der Waals surface area (Å²) in [6.07, 6.45) is 5.91. The molecule has 2 aliphatic heterocycles. The SMILES string of the molecule is CN(C)c1ccccc1C(=O)C1CC2CCCC(C1)N2C. The van der Waals surface area contributed by atoms with Crippen molar-refractivity contribution in [3.05, 3.63) is 29.8 Å². The number of piperidine rings is 2. The van der Waals surface area contributed by atoms with Crippen LogP contribution in [0.25, 0.3) is 0 Å². The van der Waals surface area contributed by atoms with Gasteiger partial charge < -0.3 is 9.80 Å². The van der Waals surface area contributed by atoms with E-state index in [9.17, 15) is 4.79 Å². The van der Waals surface area contributed by atoms with Crippen LogP contribution in [-0.2, 0) is 0 Å². The summed E-state index contributed by atoms with van der Waals surface area (Å²) in [5.41, 5.74) is 1.95. The van der Waals surface area contributed by atoms with Gasteiger partial charge in [0.05, 0.1) is 0 Å². The molecule has 2 saturated heterocycles. The van der Waals surface area contributed by atoms with E-state index in [0.29, 0.717) is 17.9 Å². The van der Waals surface area contributed by atoms with Gasteiger partial charge in [0.25, 0.3) is 0 Å². The molecular weight excluding hydrogens is 260 g/mol. The zero-order chi connectivity index (χ0) is 15.0. The van der Waals surface area contributed by atoms with E-state index in [2.05, 4.69) is 11.9 Å². The van der Waals surface area contributed by atoms with Crippen LogP contribution < -0.4 is 4.90 Å². The maximum Gasteiger partial charge on any atom is 0.168 e. The molecule has 3 rings (SSSR count). The van der Waals surface area contributed by atoms with Gasteiger partial charge in [-0.15, -0.1) is 0 Å². The van der Waals surface area contributed by atoms with Crippen LogP contribution in [-0.4, -0.2) is 43.9 Å². The Balaban J connectivity index is 1.83. The van der Waals surface area contributed by atoms with Crippen LogP contribution in [0.15, 0.2) is 24.3 Å². The highest BCUT2D eigenvalue weighted by Gasteiger charge is 2.39. The predicted octanol–water partition coefficient (Wildman–Crippen LogP) is 3.20. The van der Waals surface area contributed by atoms with Crippen molar-refractivity contribution in [1.82, 2.24) is 4.90 Å². The van der Waals surface area contributed by atoms with Crippen molar-refractivity contribution in [2.24, 2.45) is 5.92 Å². The summed E-state index contributed by atoms with van der Waals surface area (Å²) in [6, 6.07) is 9.25. The Labute approximate surface area is 127 Å². The molecule has 0 spiro atoms. The van der Waals surface area contributed by atoms with Gasteiger partial charge in [-0.25, -0.2) is 0 Å². The van der Waals surface area contributed by atoms with Gasteiger partial charge in [0, 0.05) is 43.3 Å². The molecule has 2 fully saturated rings. The molecule has 21 heavy (non-hydrogen) atoms. The lowest BCUT2D eigenvalue weighted by Crippen LogP contribution is -2.51. The van der Waals surface area contributed by atoms with Crippen molar-refractivity contribution >= 4 is 11.5 Å². The van der Waals surface area contributed by atoms with Crippen molar-refractivity contribution in [2.45, 2.75) is 44.2 Å². The summed E-state index contributed by atoms with van der Waals surface area (Å²) < 4.78 is 0. The fraction of sp³-hybridized carbons (Fsp3) is 0.611. The second-order valence-corrected chi connectivity index (χ2v) is 6.85. The van der Waals surface area contributed by atoms with Gasteiger partial charge in [0.15, 0.2) is 5.78 Å². The minimum Gasteiger partial charge on any atom is -0.377 e. The lowest BCUT2D eigenvalue weighted by atomic mass is 9.76. The maximum atomic E-state index is 13.0. The maximum absolute atomic E-state index is 13.0. The number of carbonyl (C=O) groups is 1. The minimum absolute atomic E-state index is 0.206. The number of ketones is 1. The molecule has 0 N–H and O–H groups in total. The highest BCUT2D eigenvalue weighted by atomic mass is 16.1. The van der Waals surface area contributed by atoms with E-state index in [1.165, 1.54) is 19.3 Å². The largest absolute Gasteiger partial charge is 0.377 e. The zero-order valence-electron chi connectivity index (χ0n) is 13.4. The second kappa shape index (κ2) is 5.80. The molecule has 0 aliphatic carbocycles. The second-order valence-electron chi connectivity index (χ2n) is 6.85. The van der Waals surface area contributed by atoms with Crippen molar-refractivity contribution < 1.29 is 4.79 Å². The number of rotatable bonds is 3. The van der Waals surface area contributed by atoms with Crippen LogP contribution >= 0.6 is 0 Å². The average molecular weight is 286 g/mol. The van der Waals surface area contributed by atoms with Gasteiger partial charge >= 0.3 is 0 Å². The Morgan fingerprint density at radius 3 is 2.38 bits per heavy atom. The lowest BCUT2D eigenvalue weighted by Gasteiger charge is -2.46. The van der Waals surface area contributed by atoms with E-state index in [1.54, 1.807) is 0 Å². The standard InChI is InChI=1S/C18H26N2O/c1-19(2)17-10-5-4-9-16(17)18(21)13-11-14-7-6-8-15(12-13)20(14)3/h4-5,9-10,13-15H,6-8,11-12H2,1-3H3. The molecule has 0 saturated carbocycles. The summed E-state index contributed by atoms with van der Waals surface area (Å²) in [5.74, 6) is 0.557. The number of anilines is 1.